The van der Waals surface area contributed by atoms with E-state index in [0.29, 0.717) is 5.56 Å². The molecule has 0 aliphatic carbocycles. The topological polar surface area (TPSA) is 55.8 Å². The standard InChI is InChI=1S/C9H11BrO.C8H7BrO2.C4H8O.CH3.BrH.Mg/c1-9(2,11)7-3-5-8(10)6-4-7;1-11-8(10)6-2-4-7(9)5-3-6;1-2-4-5-3-1;;;/h3-6,11H,1-2H3;2-5H,1H3;1-4H2;1H3;1H;/q;;;-1;;+2/p-1. The fourth-order valence-corrected chi connectivity index (χ4v) is 2.60. The second-order valence-corrected chi connectivity index (χ2v) is 8.22. The molecule has 0 atom stereocenters. The Morgan fingerprint density at radius 2 is 1.37 bits per heavy atom. The van der Waals surface area contributed by atoms with Crippen LogP contribution in [-0.2, 0) is 15.1 Å². The summed E-state index contributed by atoms with van der Waals surface area (Å²) in [4.78, 5) is 10.9. The number of hydrogen-bond donors (Lipinski definition) is 1. The van der Waals surface area contributed by atoms with Crippen LogP contribution in [0.1, 0.15) is 42.6 Å². The van der Waals surface area contributed by atoms with Crippen molar-refractivity contribution in [2.24, 2.45) is 0 Å². The predicted octanol–water partition coefficient (Wildman–Crippen LogP) is 2.78. The molecule has 1 heterocycles. The number of methoxy groups -OCH3 is 1. The van der Waals surface area contributed by atoms with Gasteiger partial charge >= 0.3 is 29.0 Å². The summed E-state index contributed by atoms with van der Waals surface area (Å²) >= 11 is 6.59. The van der Waals surface area contributed by atoms with Crippen LogP contribution in [0.2, 0.25) is 0 Å². The van der Waals surface area contributed by atoms with E-state index in [1.54, 1.807) is 38.1 Å². The maximum Gasteiger partial charge on any atom is 2.00 e. The maximum atomic E-state index is 10.9. The fraction of sp³-hybridized carbons (Fsp3) is 0.364. The Bertz CT molecular complexity index is 675. The molecular weight excluding hydrogens is 592 g/mol. The van der Waals surface area contributed by atoms with Gasteiger partial charge in [0.2, 0.25) is 0 Å². The molecule has 0 radical (unpaired) electrons. The zero-order chi connectivity index (χ0) is 20.3. The van der Waals surface area contributed by atoms with E-state index < -0.39 is 5.60 Å². The summed E-state index contributed by atoms with van der Waals surface area (Å²) < 4.78 is 11.4. The first-order valence-electron chi connectivity index (χ1n) is 8.64. The van der Waals surface area contributed by atoms with Crippen molar-refractivity contribution in [3.05, 3.63) is 76.0 Å². The maximum absolute atomic E-state index is 10.9. The van der Waals surface area contributed by atoms with E-state index in [1.165, 1.54) is 20.0 Å². The predicted molar refractivity (Wildman–Crippen MR) is 127 cm³/mol. The van der Waals surface area contributed by atoms with E-state index >= 15 is 0 Å². The first kappa shape index (κ1) is 34.6. The molecule has 1 N–H and O–H groups in total. The van der Waals surface area contributed by atoms with Gasteiger partial charge in [-0.2, -0.15) is 0 Å². The van der Waals surface area contributed by atoms with Crippen molar-refractivity contribution in [1.82, 2.24) is 0 Å². The van der Waals surface area contributed by atoms with Crippen LogP contribution in [0.3, 0.4) is 0 Å². The minimum atomic E-state index is -0.735. The van der Waals surface area contributed by atoms with Gasteiger partial charge in [-0.1, -0.05) is 44.0 Å². The van der Waals surface area contributed by atoms with E-state index in [-0.39, 0.29) is 53.4 Å². The van der Waals surface area contributed by atoms with Gasteiger partial charge in [0.1, 0.15) is 0 Å². The Morgan fingerprint density at radius 1 is 0.967 bits per heavy atom. The molecule has 0 bridgehead atoms. The summed E-state index contributed by atoms with van der Waals surface area (Å²) in [5, 5.41) is 9.56. The summed E-state index contributed by atoms with van der Waals surface area (Å²) in [6.07, 6.45) is 2.56. The second kappa shape index (κ2) is 18.6. The molecule has 8 heteroatoms. The third-order valence-corrected chi connectivity index (χ3v) is 4.70. The van der Waals surface area contributed by atoms with E-state index in [9.17, 15) is 9.90 Å². The Morgan fingerprint density at radius 3 is 1.67 bits per heavy atom. The quantitative estimate of drug-likeness (QED) is 0.319. The molecule has 2 aromatic rings. The van der Waals surface area contributed by atoms with Crippen LogP contribution in [0.5, 0.6) is 0 Å². The van der Waals surface area contributed by atoms with E-state index in [4.69, 9.17) is 4.74 Å². The minimum Gasteiger partial charge on any atom is -1.00 e. The molecule has 1 aliphatic heterocycles. The van der Waals surface area contributed by atoms with Gasteiger partial charge in [0.05, 0.1) is 18.3 Å². The van der Waals surface area contributed by atoms with E-state index in [0.717, 1.165) is 27.7 Å². The largest absolute Gasteiger partial charge is 2.00 e. The fourth-order valence-electron chi connectivity index (χ4n) is 2.07. The van der Waals surface area contributed by atoms with Gasteiger partial charge in [-0.15, -0.1) is 0 Å². The molecule has 30 heavy (non-hydrogen) atoms. The van der Waals surface area contributed by atoms with Gasteiger partial charge in [0.15, 0.2) is 0 Å². The molecule has 1 saturated heterocycles. The number of rotatable bonds is 2. The van der Waals surface area contributed by atoms with Crippen molar-refractivity contribution < 1.29 is 36.4 Å². The normalized spacial score (nSPS) is 11.7. The number of aliphatic hydroxyl groups is 1. The van der Waals surface area contributed by atoms with Gasteiger partial charge < -0.3 is 39.0 Å². The Labute approximate surface area is 224 Å². The average Bonchev–Trinajstić information content (AvgIpc) is 3.22. The second-order valence-electron chi connectivity index (χ2n) is 6.38. The Hall–Kier alpha value is 0.0362. The monoisotopic (exact) mass is 618 g/mol. The number of hydrogen-bond acceptors (Lipinski definition) is 4. The zero-order valence-corrected chi connectivity index (χ0v) is 24.1. The average molecular weight is 621 g/mol. The van der Waals surface area contributed by atoms with Crippen molar-refractivity contribution in [2.75, 3.05) is 20.3 Å². The zero-order valence-electron chi connectivity index (χ0n) is 18.0. The van der Waals surface area contributed by atoms with Crippen LogP contribution < -0.4 is 17.0 Å². The molecule has 164 valence electrons. The molecule has 3 rings (SSSR count). The molecule has 0 saturated carbocycles. The minimum absolute atomic E-state index is 0. The van der Waals surface area contributed by atoms with Crippen LogP contribution >= 0.6 is 31.9 Å². The summed E-state index contributed by atoms with van der Waals surface area (Å²) in [5.74, 6) is -0.308. The van der Waals surface area contributed by atoms with Crippen LogP contribution in [0.25, 0.3) is 0 Å². The Kier molecular flexibility index (Phi) is 21.5. The molecule has 1 aliphatic rings. The summed E-state index contributed by atoms with van der Waals surface area (Å²) in [6.45, 7) is 5.55. The summed E-state index contributed by atoms with van der Waals surface area (Å²) in [7, 11) is 1.37. The van der Waals surface area contributed by atoms with Crippen molar-refractivity contribution in [1.29, 1.82) is 0 Å². The van der Waals surface area contributed by atoms with Gasteiger partial charge in [-0.3, -0.25) is 0 Å². The summed E-state index contributed by atoms with van der Waals surface area (Å²) in [6, 6.07) is 14.7. The smallest absolute Gasteiger partial charge is 1.00 e. The number of esters is 1. The molecular formula is C22H29Br3MgO4. The third-order valence-electron chi connectivity index (χ3n) is 3.64. The molecule has 4 nitrogen and oxygen atoms in total. The number of benzene rings is 2. The van der Waals surface area contributed by atoms with Gasteiger partial charge in [0.25, 0.3) is 0 Å². The van der Waals surface area contributed by atoms with Gasteiger partial charge in [0, 0.05) is 22.2 Å². The van der Waals surface area contributed by atoms with Crippen LogP contribution in [0.15, 0.2) is 57.5 Å². The molecule has 0 aromatic heterocycles. The van der Waals surface area contributed by atoms with Gasteiger partial charge in [-0.05, 0) is 68.7 Å². The van der Waals surface area contributed by atoms with Crippen molar-refractivity contribution in [3.63, 3.8) is 0 Å². The molecule has 0 unspecified atom stereocenters. The molecule has 0 amide bonds. The SMILES string of the molecule is C1CCOC1.CC(C)(O)c1ccc(Br)cc1.COC(=O)c1ccc(Br)cc1.[Br-].[CH3-].[Mg+2]. The van der Waals surface area contributed by atoms with Gasteiger partial charge in [-0.25, -0.2) is 4.79 Å². The first-order chi connectivity index (χ1) is 12.7. The van der Waals surface area contributed by atoms with Crippen LogP contribution in [-0.4, -0.2) is 54.5 Å². The Balaban J connectivity index is -0.000000367. The number of carbonyl (C=O) groups excluding carboxylic acids is 1. The van der Waals surface area contributed by atoms with E-state index in [1.807, 2.05) is 24.3 Å². The third kappa shape index (κ3) is 14.9. The number of ether oxygens (including phenoxy) is 2. The van der Waals surface area contributed by atoms with Crippen LogP contribution in [0, 0.1) is 7.43 Å². The van der Waals surface area contributed by atoms with E-state index in [2.05, 4.69) is 36.6 Å². The summed E-state index contributed by atoms with van der Waals surface area (Å²) in [5.41, 5.74) is 0.761. The van der Waals surface area contributed by atoms with Crippen molar-refractivity contribution in [2.45, 2.75) is 32.3 Å². The van der Waals surface area contributed by atoms with Crippen LogP contribution in [0.4, 0.5) is 0 Å². The number of halogens is 3. The van der Waals surface area contributed by atoms with Crippen molar-refractivity contribution >= 4 is 60.9 Å². The molecule has 2 aromatic carbocycles. The first-order valence-corrected chi connectivity index (χ1v) is 10.2. The molecule has 1 fully saturated rings. The van der Waals surface area contributed by atoms with Crippen molar-refractivity contribution in [3.8, 4) is 0 Å². The molecule has 0 spiro atoms. The number of carbonyl (C=O) groups is 1.